The lowest BCUT2D eigenvalue weighted by molar-refractivity contribution is -0.116. The van der Waals surface area contributed by atoms with Gasteiger partial charge in [-0.3, -0.25) is 4.79 Å². The highest BCUT2D eigenvalue weighted by atomic mass is 35.5. The van der Waals surface area contributed by atoms with E-state index in [9.17, 15) is 4.79 Å². The Kier molecular flexibility index (Phi) is 9.13. The van der Waals surface area contributed by atoms with Crippen molar-refractivity contribution in [2.45, 2.75) is 38.0 Å². The highest BCUT2D eigenvalue weighted by Crippen LogP contribution is 2.34. The van der Waals surface area contributed by atoms with Crippen LogP contribution in [0.3, 0.4) is 0 Å². The predicted octanol–water partition coefficient (Wildman–Crippen LogP) is 6.66. The SMILES string of the molecule is COc1ccc2[nH]cc(C3CCN(CCCCCNC(=O)/C=C/c4ccc(Cl)c(Cl)c4)CC3)c2c1. The predicted molar refractivity (Wildman–Crippen MR) is 146 cm³/mol. The number of unbranched alkanes of at least 4 members (excludes halogenated alkanes) is 2. The fourth-order valence-electron chi connectivity index (χ4n) is 4.75. The standard InChI is InChI=1S/C28H33Cl2N3O2/c1-35-22-7-9-27-23(18-22)24(19-32-27)21-11-15-33(16-12-21)14-4-2-3-13-31-28(34)10-6-20-5-8-25(29)26(30)17-20/h5-10,17-19,21,32H,2-4,11-16H2,1H3,(H,31,34)/b10-6+. The second-order valence-corrected chi connectivity index (χ2v) is 9.94. The lowest BCUT2D eigenvalue weighted by Crippen LogP contribution is -2.33. The van der Waals surface area contributed by atoms with E-state index in [1.165, 1.54) is 35.4 Å². The molecule has 2 heterocycles. The van der Waals surface area contributed by atoms with Crippen molar-refractivity contribution in [3.8, 4) is 5.75 Å². The molecule has 0 saturated carbocycles. The van der Waals surface area contributed by atoms with Crippen molar-refractivity contribution in [1.29, 1.82) is 0 Å². The molecule has 1 aliphatic heterocycles. The molecule has 1 fully saturated rings. The van der Waals surface area contributed by atoms with Gasteiger partial charge in [0.25, 0.3) is 0 Å². The second kappa shape index (κ2) is 12.5. The quantitative estimate of drug-likeness (QED) is 0.235. The number of halogens is 2. The monoisotopic (exact) mass is 513 g/mol. The van der Waals surface area contributed by atoms with Crippen LogP contribution in [0, 0.1) is 0 Å². The molecule has 1 amide bonds. The summed E-state index contributed by atoms with van der Waals surface area (Å²) >= 11 is 11.9. The van der Waals surface area contributed by atoms with Gasteiger partial charge in [0.05, 0.1) is 17.2 Å². The maximum Gasteiger partial charge on any atom is 0.243 e. The van der Waals surface area contributed by atoms with Gasteiger partial charge in [-0.05, 0) is 98.8 Å². The molecule has 0 unspecified atom stereocenters. The summed E-state index contributed by atoms with van der Waals surface area (Å²) in [6, 6.07) is 11.6. The van der Waals surface area contributed by atoms with Crippen LogP contribution in [0.15, 0.2) is 48.7 Å². The number of H-pyrrole nitrogens is 1. The Morgan fingerprint density at radius 1 is 1.11 bits per heavy atom. The molecule has 7 heteroatoms. The summed E-state index contributed by atoms with van der Waals surface area (Å²) in [6.45, 7) is 4.09. The van der Waals surface area contributed by atoms with Crippen LogP contribution < -0.4 is 10.1 Å². The molecule has 35 heavy (non-hydrogen) atoms. The van der Waals surface area contributed by atoms with Crippen LogP contribution >= 0.6 is 23.2 Å². The number of benzene rings is 2. The summed E-state index contributed by atoms with van der Waals surface area (Å²) in [6.07, 6.45) is 11.1. The third-order valence-electron chi connectivity index (χ3n) is 6.77. The molecule has 0 radical (unpaired) electrons. The Morgan fingerprint density at radius 3 is 2.71 bits per heavy atom. The molecule has 0 aliphatic carbocycles. The van der Waals surface area contributed by atoms with Gasteiger partial charge in [-0.1, -0.05) is 35.7 Å². The Hall–Kier alpha value is -2.47. The molecule has 1 aromatic heterocycles. The molecule has 0 bridgehead atoms. The van der Waals surface area contributed by atoms with Crippen molar-refractivity contribution in [2.75, 3.05) is 33.3 Å². The third kappa shape index (κ3) is 7.03. The molecule has 186 valence electrons. The van der Waals surface area contributed by atoms with Gasteiger partial charge in [0, 0.05) is 29.7 Å². The maximum absolute atomic E-state index is 12.0. The van der Waals surface area contributed by atoms with Crippen molar-refractivity contribution in [1.82, 2.24) is 15.2 Å². The fourth-order valence-corrected chi connectivity index (χ4v) is 5.06. The average Bonchev–Trinajstić information content (AvgIpc) is 3.30. The van der Waals surface area contributed by atoms with E-state index in [4.69, 9.17) is 27.9 Å². The van der Waals surface area contributed by atoms with Crippen LogP contribution in [-0.2, 0) is 4.79 Å². The van der Waals surface area contributed by atoms with Crippen LogP contribution in [0.25, 0.3) is 17.0 Å². The van der Waals surface area contributed by atoms with E-state index in [1.54, 1.807) is 25.3 Å². The van der Waals surface area contributed by atoms with Gasteiger partial charge in [0.15, 0.2) is 0 Å². The molecule has 2 aromatic carbocycles. The van der Waals surface area contributed by atoms with Crippen molar-refractivity contribution in [3.05, 3.63) is 69.8 Å². The molecule has 0 atom stereocenters. The topological polar surface area (TPSA) is 57.4 Å². The number of methoxy groups -OCH3 is 1. The molecular formula is C28H33Cl2N3O2. The van der Waals surface area contributed by atoms with E-state index in [0.29, 0.717) is 22.5 Å². The number of likely N-dealkylation sites (tertiary alicyclic amines) is 1. The minimum Gasteiger partial charge on any atom is -0.497 e. The minimum atomic E-state index is -0.0898. The number of carbonyl (C=O) groups excluding carboxylic acids is 1. The van der Waals surface area contributed by atoms with Crippen molar-refractivity contribution in [2.24, 2.45) is 0 Å². The number of hydrogen-bond acceptors (Lipinski definition) is 3. The van der Waals surface area contributed by atoms with E-state index in [1.807, 2.05) is 12.1 Å². The first kappa shape index (κ1) is 25.6. The first-order chi connectivity index (χ1) is 17.0. The molecule has 0 spiro atoms. The zero-order valence-corrected chi connectivity index (χ0v) is 21.7. The zero-order chi connectivity index (χ0) is 24.6. The van der Waals surface area contributed by atoms with Crippen molar-refractivity contribution >= 4 is 46.1 Å². The first-order valence-electron chi connectivity index (χ1n) is 12.3. The summed E-state index contributed by atoms with van der Waals surface area (Å²) in [5.41, 5.74) is 3.45. The summed E-state index contributed by atoms with van der Waals surface area (Å²) in [5.74, 6) is 1.42. The smallest absolute Gasteiger partial charge is 0.243 e. The molecule has 1 aliphatic rings. The normalized spacial score (nSPS) is 15.2. The van der Waals surface area contributed by atoms with Gasteiger partial charge < -0.3 is 19.9 Å². The highest BCUT2D eigenvalue weighted by molar-refractivity contribution is 6.42. The molecule has 1 saturated heterocycles. The molecule has 4 rings (SSSR count). The zero-order valence-electron chi connectivity index (χ0n) is 20.2. The maximum atomic E-state index is 12.0. The number of rotatable bonds is 10. The number of fused-ring (bicyclic) bond motifs is 1. The van der Waals surface area contributed by atoms with Crippen LogP contribution in [0.2, 0.25) is 10.0 Å². The van der Waals surface area contributed by atoms with E-state index in [-0.39, 0.29) is 5.91 Å². The van der Waals surface area contributed by atoms with E-state index >= 15 is 0 Å². The van der Waals surface area contributed by atoms with Crippen LogP contribution in [0.4, 0.5) is 0 Å². The van der Waals surface area contributed by atoms with Crippen LogP contribution in [-0.4, -0.2) is 49.1 Å². The number of nitrogens with one attached hydrogen (secondary N) is 2. The van der Waals surface area contributed by atoms with E-state index in [0.717, 1.165) is 50.2 Å². The number of aromatic nitrogens is 1. The second-order valence-electron chi connectivity index (χ2n) is 9.13. The Balaban J connectivity index is 1.11. The van der Waals surface area contributed by atoms with Gasteiger partial charge >= 0.3 is 0 Å². The van der Waals surface area contributed by atoms with Crippen LogP contribution in [0.1, 0.15) is 49.1 Å². The number of hydrogen-bond donors (Lipinski definition) is 2. The number of aromatic amines is 1. The summed E-state index contributed by atoms with van der Waals surface area (Å²) in [7, 11) is 1.72. The molecule has 5 nitrogen and oxygen atoms in total. The lowest BCUT2D eigenvalue weighted by Gasteiger charge is -2.32. The number of amides is 1. The fraction of sp³-hybridized carbons (Fsp3) is 0.393. The summed E-state index contributed by atoms with van der Waals surface area (Å²) in [4.78, 5) is 18.0. The van der Waals surface area contributed by atoms with Gasteiger partial charge in [-0.15, -0.1) is 0 Å². The molecule has 2 N–H and O–H groups in total. The number of nitrogens with zero attached hydrogens (tertiary/aromatic N) is 1. The van der Waals surface area contributed by atoms with Crippen molar-refractivity contribution in [3.63, 3.8) is 0 Å². The van der Waals surface area contributed by atoms with Gasteiger partial charge in [0.2, 0.25) is 5.91 Å². The Labute approximate surface area is 217 Å². The third-order valence-corrected chi connectivity index (χ3v) is 7.51. The largest absolute Gasteiger partial charge is 0.497 e. The number of carbonyl (C=O) groups is 1. The lowest BCUT2D eigenvalue weighted by atomic mass is 9.89. The number of ether oxygens (including phenoxy) is 1. The Bertz CT molecular complexity index is 1170. The van der Waals surface area contributed by atoms with Gasteiger partial charge in [-0.25, -0.2) is 0 Å². The average molecular weight is 514 g/mol. The van der Waals surface area contributed by atoms with Crippen LogP contribution in [0.5, 0.6) is 5.75 Å². The number of piperidine rings is 1. The summed E-state index contributed by atoms with van der Waals surface area (Å²) < 4.78 is 5.42. The Morgan fingerprint density at radius 2 is 1.94 bits per heavy atom. The molecular weight excluding hydrogens is 481 g/mol. The highest BCUT2D eigenvalue weighted by Gasteiger charge is 2.22. The van der Waals surface area contributed by atoms with E-state index in [2.05, 4.69) is 33.5 Å². The first-order valence-corrected chi connectivity index (χ1v) is 13.1. The van der Waals surface area contributed by atoms with E-state index < -0.39 is 0 Å². The minimum absolute atomic E-state index is 0.0898. The molecule has 3 aromatic rings. The van der Waals surface area contributed by atoms with Gasteiger partial charge in [0.1, 0.15) is 5.75 Å². The van der Waals surface area contributed by atoms with Crippen molar-refractivity contribution < 1.29 is 9.53 Å². The van der Waals surface area contributed by atoms with Gasteiger partial charge in [-0.2, -0.15) is 0 Å². The summed E-state index contributed by atoms with van der Waals surface area (Å²) in [5, 5.41) is 5.23.